The Bertz CT molecular complexity index is 410. The largest absolute Gasteiger partial charge is 0.362 e. The van der Waals surface area contributed by atoms with E-state index in [1.54, 1.807) is 12.3 Å². The molecule has 0 radical (unpaired) electrons. The van der Waals surface area contributed by atoms with Gasteiger partial charge in [-0.05, 0) is 26.0 Å². The molecular weight excluding hydrogens is 220 g/mol. The molecule has 1 aliphatic rings. The molecule has 1 aromatic rings. The van der Waals surface area contributed by atoms with Gasteiger partial charge in [0.05, 0.1) is 4.92 Å². The smallest absolute Gasteiger partial charge is 0.310 e. The maximum atomic E-state index is 11.0. The van der Waals surface area contributed by atoms with E-state index in [2.05, 4.69) is 15.2 Å². The number of rotatable bonds is 4. The minimum Gasteiger partial charge on any atom is -0.362 e. The van der Waals surface area contributed by atoms with Gasteiger partial charge in [0.25, 0.3) is 0 Å². The van der Waals surface area contributed by atoms with Crippen LogP contribution in [0, 0.1) is 10.1 Å². The van der Waals surface area contributed by atoms with Gasteiger partial charge in [-0.25, -0.2) is 0 Å². The van der Waals surface area contributed by atoms with E-state index >= 15 is 0 Å². The molecule has 0 amide bonds. The highest BCUT2D eigenvalue weighted by Gasteiger charge is 2.29. The second kappa shape index (κ2) is 5.09. The number of anilines is 1. The molecule has 6 nitrogen and oxygen atoms in total. The zero-order valence-electron chi connectivity index (χ0n) is 9.80. The monoisotopic (exact) mass is 236 g/mol. The maximum Gasteiger partial charge on any atom is 0.310 e. The number of nitrogens with one attached hydrogen (secondary N) is 1. The topological polar surface area (TPSA) is 71.3 Å². The molecule has 2 heterocycles. The van der Waals surface area contributed by atoms with E-state index in [9.17, 15) is 10.1 Å². The summed E-state index contributed by atoms with van der Waals surface area (Å²) in [6, 6.07) is 2.06. The lowest BCUT2D eigenvalue weighted by molar-refractivity contribution is -0.384. The summed E-state index contributed by atoms with van der Waals surface area (Å²) in [6.45, 7) is 1.72. The van der Waals surface area contributed by atoms with Gasteiger partial charge < -0.3 is 10.2 Å². The van der Waals surface area contributed by atoms with E-state index < -0.39 is 0 Å². The van der Waals surface area contributed by atoms with Crippen LogP contribution >= 0.6 is 0 Å². The van der Waals surface area contributed by atoms with Gasteiger partial charge in [-0.15, -0.1) is 0 Å². The van der Waals surface area contributed by atoms with Crippen LogP contribution in [0.2, 0.25) is 0 Å². The van der Waals surface area contributed by atoms with Gasteiger partial charge in [-0.3, -0.25) is 15.1 Å². The average molecular weight is 236 g/mol. The van der Waals surface area contributed by atoms with E-state index in [-0.39, 0.29) is 10.6 Å². The first-order valence-electron chi connectivity index (χ1n) is 5.73. The zero-order valence-corrected chi connectivity index (χ0v) is 9.80. The van der Waals surface area contributed by atoms with Gasteiger partial charge in [0.15, 0.2) is 0 Å². The Morgan fingerprint density at radius 2 is 2.53 bits per heavy atom. The number of hydrogen-bond donors (Lipinski definition) is 1. The number of aromatic nitrogens is 1. The summed E-state index contributed by atoms with van der Waals surface area (Å²) in [6.07, 6.45) is 5.08. The van der Waals surface area contributed by atoms with Crippen molar-refractivity contribution in [1.82, 2.24) is 10.3 Å². The fourth-order valence-corrected chi connectivity index (χ4v) is 2.36. The molecule has 17 heavy (non-hydrogen) atoms. The second-order valence-electron chi connectivity index (χ2n) is 4.17. The molecule has 6 heteroatoms. The highest BCUT2D eigenvalue weighted by atomic mass is 16.6. The molecular formula is C11H16N4O2. The summed E-state index contributed by atoms with van der Waals surface area (Å²) in [5, 5.41) is 14.1. The van der Waals surface area contributed by atoms with E-state index in [1.165, 1.54) is 6.20 Å². The first kappa shape index (κ1) is 11.8. The van der Waals surface area contributed by atoms with Gasteiger partial charge >= 0.3 is 5.69 Å². The van der Waals surface area contributed by atoms with E-state index in [0.717, 1.165) is 25.9 Å². The van der Waals surface area contributed by atoms with Crippen molar-refractivity contribution >= 4 is 11.4 Å². The lowest BCUT2D eigenvalue weighted by Gasteiger charge is -2.26. The minimum absolute atomic E-state index is 0.0931. The van der Waals surface area contributed by atoms with Crippen molar-refractivity contribution in [2.45, 2.75) is 18.9 Å². The Morgan fingerprint density at radius 1 is 1.71 bits per heavy atom. The molecule has 1 N–H and O–H groups in total. The fraction of sp³-hybridized carbons (Fsp3) is 0.545. The molecule has 1 atom stereocenters. The summed E-state index contributed by atoms with van der Waals surface area (Å²) >= 11 is 0. The highest BCUT2D eigenvalue weighted by Crippen LogP contribution is 2.32. The van der Waals surface area contributed by atoms with Crippen molar-refractivity contribution in [1.29, 1.82) is 0 Å². The van der Waals surface area contributed by atoms with Crippen molar-refractivity contribution in [3.8, 4) is 0 Å². The highest BCUT2D eigenvalue weighted by molar-refractivity contribution is 5.62. The van der Waals surface area contributed by atoms with E-state index in [1.807, 2.05) is 7.05 Å². The van der Waals surface area contributed by atoms with Crippen LogP contribution in [0.4, 0.5) is 11.4 Å². The number of nitro groups is 1. The standard InChI is InChI=1S/C11H16N4O2/c1-12-7-9-3-2-6-14(9)10-4-5-13-8-11(10)15(16)17/h4-5,8-9,12H,2-3,6-7H2,1H3. The van der Waals surface area contributed by atoms with Crippen LogP contribution in [-0.4, -0.2) is 36.1 Å². The van der Waals surface area contributed by atoms with Crippen molar-refractivity contribution in [2.75, 3.05) is 25.0 Å². The Balaban J connectivity index is 2.29. The Morgan fingerprint density at radius 3 is 3.24 bits per heavy atom. The summed E-state index contributed by atoms with van der Waals surface area (Å²) in [7, 11) is 1.90. The van der Waals surface area contributed by atoms with Crippen LogP contribution in [0.25, 0.3) is 0 Å². The fourth-order valence-electron chi connectivity index (χ4n) is 2.36. The number of hydrogen-bond acceptors (Lipinski definition) is 5. The number of nitrogens with zero attached hydrogens (tertiary/aromatic N) is 3. The molecule has 0 spiro atoms. The lowest BCUT2D eigenvalue weighted by Crippen LogP contribution is -2.37. The number of likely N-dealkylation sites (N-methyl/N-ethyl adjacent to an activating group) is 1. The van der Waals surface area contributed by atoms with Gasteiger partial charge in [-0.2, -0.15) is 0 Å². The predicted octanol–water partition coefficient (Wildman–Crippen LogP) is 1.18. The minimum atomic E-state index is -0.364. The van der Waals surface area contributed by atoms with Crippen LogP contribution in [0.3, 0.4) is 0 Å². The summed E-state index contributed by atoms with van der Waals surface area (Å²) < 4.78 is 0. The summed E-state index contributed by atoms with van der Waals surface area (Å²) in [4.78, 5) is 16.5. The van der Waals surface area contributed by atoms with Crippen molar-refractivity contribution in [3.63, 3.8) is 0 Å². The van der Waals surface area contributed by atoms with Crippen molar-refractivity contribution in [3.05, 3.63) is 28.6 Å². The molecule has 0 bridgehead atoms. The SMILES string of the molecule is CNCC1CCCN1c1ccncc1[N+](=O)[O-]. The van der Waals surface area contributed by atoms with Gasteiger partial charge in [-0.1, -0.05) is 0 Å². The van der Waals surface area contributed by atoms with Crippen molar-refractivity contribution < 1.29 is 4.92 Å². The first-order valence-corrected chi connectivity index (χ1v) is 5.73. The molecule has 1 aromatic heterocycles. The van der Waals surface area contributed by atoms with E-state index in [4.69, 9.17) is 0 Å². The molecule has 2 rings (SSSR count). The van der Waals surface area contributed by atoms with Crippen LogP contribution in [-0.2, 0) is 0 Å². The van der Waals surface area contributed by atoms with E-state index in [0.29, 0.717) is 11.7 Å². The molecule has 1 aliphatic heterocycles. The summed E-state index contributed by atoms with van der Waals surface area (Å²) in [5.74, 6) is 0. The molecule has 0 saturated carbocycles. The third-order valence-electron chi connectivity index (χ3n) is 3.10. The molecule has 92 valence electrons. The first-order chi connectivity index (χ1) is 8.24. The predicted molar refractivity (Wildman–Crippen MR) is 65.2 cm³/mol. The zero-order chi connectivity index (χ0) is 12.3. The molecule has 1 saturated heterocycles. The molecule has 1 fully saturated rings. The number of pyridine rings is 1. The maximum absolute atomic E-state index is 11.0. The van der Waals surface area contributed by atoms with Crippen molar-refractivity contribution in [2.24, 2.45) is 0 Å². The normalized spacial score (nSPS) is 19.6. The Hall–Kier alpha value is -1.69. The molecule has 0 aliphatic carbocycles. The lowest BCUT2D eigenvalue weighted by atomic mass is 10.2. The van der Waals surface area contributed by atoms with Gasteiger partial charge in [0.2, 0.25) is 0 Å². The summed E-state index contributed by atoms with van der Waals surface area (Å²) in [5.41, 5.74) is 0.776. The Kier molecular flexibility index (Phi) is 3.53. The van der Waals surface area contributed by atoms with Gasteiger partial charge in [0, 0.05) is 25.3 Å². The Labute approximate surface area is 99.8 Å². The average Bonchev–Trinajstić information content (AvgIpc) is 2.77. The van der Waals surface area contributed by atoms with Crippen LogP contribution in [0.15, 0.2) is 18.5 Å². The van der Waals surface area contributed by atoms with Crippen LogP contribution in [0.1, 0.15) is 12.8 Å². The molecule has 1 unspecified atom stereocenters. The van der Waals surface area contributed by atoms with Gasteiger partial charge in [0.1, 0.15) is 11.9 Å². The van der Waals surface area contributed by atoms with Crippen LogP contribution in [0.5, 0.6) is 0 Å². The third-order valence-corrected chi connectivity index (χ3v) is 3.10. The third kappa shape index (κ3) is 2.36. The molecule has 0 aromatic carbocycles. The quantitative estimate of drug-likeness (QED) is 0.627. The second-order valence-corrected chi connectivity index (χ2v) is 4.17. The van der Waals surface area contributed by atoms with Crippen LogP contribution < -0.4 is 10.2 Å².